The molecule has 0 unspecified atom stereocenters. The van der Waals surface area contributed by atoms with E-state index in [0.29, 0.717) is 0 Å². The number of hydrogen-bond acceptors (Lipinski definition) is 1. The lowest BCUT2D eigenvalue weighted by Gasteiger charge is -1.91. The molecule has 0 aliphatic heterocycles. The summed E-state index contributed by atoms with van der Waals surface area (Å²) in [5.74, 6) is 0. The van der Waals surface area contributed by atoms with E-state index in [-0.39, 0.29) is 0 Å². The molecular weight excluding hydrogens is 270 g/mol. The van der Waals surface area contributed by atoms with E-state index in [4.69, 9.17) is 0 Å². The number of aromatic nitrogens is 1. The third-order valence-electron chi connectivity index (χ3n) is 2.11. The van der Waals surface area contributed by atoms with Gasteiger partial charge in [-0.25, -0.2) is 4.57 Å². The Labute approximate surface area is 102 Å². The maximum absolute atomic E-state index is 3.45. The summed E-state index contributed by atoms with van der Waals surface area (Å²) in [6, 6.07) is 10.3. The summed E-state index contributed by atoms with van der Waals surface area (Å²) in [6.45, 7) is 0. The Bertz CT molecular complexity index is 488. The zero-order chi connectivity index (χ0) is 10.7. The number of hydrogen-bond donors (Lipinski definition) is 0. The van der Waals surface area contributed by atoms with E-state index in [9.17, 15) is 0 Å². The highest BCUT2D eigenvalue weighted by Gasteiger charge is 1.99. The number of nitrogens with zero attached hydrogens (tertiary/aromatic N) is 1. The van der Waals surface area contributed by atoms with E-state index in [1.165, 1.54) is 14.4 Å². The first-order valence-corrected chi connectivity index (χ1v) is 6.25. The highest BCUT2D eigenvalue weighted by Crippen LogP contribution is 2.23. The highest BCUT2D eigenvalue weighted by atomic mass is 79.9. The lowest BCUT2D eigenvalue weighted by atomic mass is 10.3. The molecule has 2 aromatic heterocycles. The van der Waals surface area contributed by atoms with Gasteiger partial charge in [-0.15, -0.1) is 11.3 Å². The molecule has 0 atom stereocenters. The number of rotatable bonds is 2. The molecule has 0 fully saturated rings. The Kier molecular flexibility index (Phi) is 3.34. The molecule has 76 valence electrons. The maximum Gasteiger partial charge on any atom is 0.204 e. The van der Waals surface area contributed by atoms with E-state index in [1.54, 1.807) is 11.3 Å². The summed E-state index contributed by atoms with van der Waals surface area (Å²) in [6.07, 6.45) is 6.30. The van der Waals surface area contributed by atoms with Gasteiger partial charge in [0.25, 0.3) is 0 Å². The monoisotopic (exact) mass is 280 g/mol. The standard InChI is InChI=1S/C12H11BrNS/c1-14-9-3-2-4-10(14)5-6-11-7-8-12(13)15-11/h2-9H,1H3/q+1/b6-5+. The Morgan fingerprint density at radius 2 is 2.07 bits per heavy atom. The van der Waals surface area contributed by atoms with Crippen molar-refractivity contribution >= 4 is 39.4 Å². The van der Waals surface area contributed by atoms with Crippen LogP contribution in [0.4, 0.5) is 0 Å². The van der Waals surface area contributed by atoms with Gasteiger partial charge in [0.2, 0.25) is 5.69 Å². The fraction of sp³-hybridized carbons (Fsp3) is 0.0833. The van der Waals surface area contributed by atoms with E-state index in [2.05, 4.69) is 50.8 Å². The molecule has 0 N–H and O–H groups in total. The molecule has 0 radical (unpaired) electrons. The van der Waals surface area contributed by atoms with Crippen LogP contribution < -0.4 is 4.57 Å². The normalized spacial score (nSPS) is 11.1. The van der Waals surface area contributed by atoms with Gasteiger partial charge >= 0.3 is 0 Å². The maximum atomic E-state index is 3.45. The number of pyridine rings is 1. The lowest BCUT2D eigenvalue weighted by Crippen LogP contribution is -2.30. The van der Waals surface area contributed by atoms with Crippen LogP contribution in [0.25, 0.3) is 12.2 Å². The summed E-state index contributed by atoms with van der Waals surface area (Å²) < 4.78 is 3.26. The van der Waals surface area contributed by atoms with E-state index >= 15 is 0 Å². The molecule has 0 aliphatic rings. The van der Waals surface area contributed by atoms with Crippen molar-refractivity contribution in [1.82, 2.24) is 0 Å². The molecule has 2 aromatic rings. The lowest BCUT2D eigenvalue weighted by molar-refractivity contribution is -0.673. The molecule has 0 saturated heterocycles. The minimum absolute atomic E-state index is 1.17. The zero-order valence-corrected chi connectivity index (χ0v) is 10.8. The van der Waals surface area contributed by atoms with E-state index < -0.39 is 0 Å². The molecule has 0 amide bonds. The second kappa shape index (κ2) is 4.73. The Morgan fingerprint density at radius 1 is 1.20 bits per heavy atom. The van der Waals surface area contributed by atoms with Crippen molar-refractivity contribution in [2.45, 2.75) is 0 Å². The summed E-state index contributed by atoms with van der Waals surface area (Å²) in [4.78, 5) is 1.26. The fourth-order valence-electron chi connectivity index (χ4n) is 1.30. The van der Waals surface area contributed by atoms with Crippen molar-refractivity contribution in [1.29, 1.82) is 0 Å². The van der Waals surface area contributed by atoms with Crippen molar-refractivity contribution in [3.8, 4) is 0 Å². The summed E-state index contributed by atoms with van der Waals surface area (Å²) in [5.41, 5.74) is 1.20. The SMILES string of the molecule is C[n+]1ccccc1/C=C/c1ccc(Br)s1. The predicted molar refractivity (Wildman–Crippen MR) is 68.6 cm³/mol. The molecule has 0 aliphatic carbocycles. The van der Waals surface area contributed by atoms with E-state index in [1.807, 2.05) is 25.4 Å². The fourth-order valence-corrected chi connectivity index (χ4v) is 2.62. The number of halogens is 1. The van der Waals surface area contributed by atoms with Crippen molar-refractivity contribution in [3.05, 3.63) is 50.9 Å². The Hall–Kier alpha value is -0.930. The van der Waals surface area contributed by atoms with Crippen molar-refractivity contribution < 1.29 is 4.57 Å². The first-order valence-electron chi connectivity index (χ1n) is 4.64. The van der Waals surface area contributed by atoms with Gasteiger partial charge in [0.1, 0.15) is 7.05 Å². The smallest absolute Gasteiger partial charge is 0.202 e. The van der Waals surface area contributed by atoms with Gasteiger partial charge in [-0.2, -0.15) is 0 Å². The van der Waals surface area contributed by atoms with Crippen LogP contribution in [0.1, 0.15) is 10.6 Å². The predicted octanol–water partition coefficient (Wildman–Crippen LogP) is 3.51. The largest absolute Gasteiger partial charge is 0.204 e. The highest BCUT2D eigenvalue weighted by molar-refractivity contribution is 9.11. The van der Waals surface area contributed by atoms with Gasteiger partial charge in [0.15, 0.2) is 6.20 Å². The molecule has 1 nitrogen and oxygen atoms in total. The first-order chi connectivity index (χ1) is 7.25. The molecule has 15 heavy (non-hydrogen) atoms. The van der Waals surface area contributed by atoms with Crippen LogP contribution in [0.2, 0.25) is 0 Å². The average Bonchev–Trinajstić information content (AvgIpc) is 2.63. The Balaban J connectivity index is 2.22. The van der Waals surface area contributed by atoms with Gasteiger partial charge in [0, 0.05) is 23.1 Å². The number of aryl methyl sites for hydroxylation is 1. The topological polar surface area (TPSA) is 3.88 Å². The van der Waals surface area contributed by atoms with Gasteiger partial charge in [-0.3, -0.25) is 0 Å². The molecule has 0 aromatic carbocycles. The van der Waals surface area contributed by atoms with Crippen molar-refractivity contribution in [2.75, 3.05) is 0 Å². The molecule has 0 spiro atoms. The van der Waals surface area contributed by atoms with Crippen LogP contribution >= 0.6 is 27.3 Å². The minimum Gasteiger partial charge on any atom is -0.202 e. The number of thiophene rings is 1. The first kappa shape index (κ1) is 10.6. The van der Waals surface area contributed by atoms with Crippen LogP contribution in [0, 0.1) is 0 Å². The van der Waals surface area contributed by atoms with Gasteiger partial charge in [0.05, 0.1) is 3.79 Å². The molecule has 3 heteroatoms. The van der Waals surface area contributed by atoms with Crippen LogP contribution in [0.5, 0.6) is 0 Å². The molecule has 2 heterocycles. The van der Waals surface area contributed by atoms with Crippen LogP contribution in [0.15, 0.2) is 40.3 Å². The molecule has 2 rings (SSSR count). The minimum atomic E-state index is 1.17. The van der Waals surface area contributed by atoms with Gasteiger partial charge in [-0.05, 0) is 40.2 Å². The second-order valence-corrected chi connectivity index (χ2v) is 5.71. The van der Waals surface area contributed by atoms with E-state index in [0.717, 1.165) is 0 Å². The zero-order valence-electron chi connectivity index (χ0n) is 8.35. The summed E-state index contributed by atoms with van der Waals surface area (Å²) in [7, 11) is 2.05. The van der Waals surface area contributed by atoms with Crippen LogP contribution in [-0.4, -0.2) is 0 Å². The molecule has 0 bridgehead atoms. The van der Waals surface area contributed by atoms with Crippen molar-refractivity contribution in [3.63, 3.8) is 0 Å². The third kappa shape index (κ3) is 2.76. The van der Waals surface area contributed by atoms with Gasteiger partial charge < -0.3 is 0 Å². The van der Waals surface area contributed by atoms with Gasteiger partial charge in [-0.1, -0.05) is 0 Å². The van der Waals surface area contributed by atoms with Crippen LogP contribution in [-0.2, 0) is 7.05 Å². The average molecular weight is 281 g/mol. The van der Waals surface area contributed by atoms with Crippen LogP contribution in [0.3, 0.4) is 0 Å². The summed E-state index contributed by atoms with van der Waals surface area (Å²) in [5, 5.41) is 0. The molecular formula is C12H11BrNS+. The second-order valence-electron chi connectivity index (χ2n) is 3.21. The Morgan fingerprint density at radius 3 is 2.73 bits per heavy atom. The summed E-state index contributed by atoms with van der Waals surface area (Å²) >= 11 is 5.19. The quantitative estimate of drug-likeness (QED) is 0.742. The third-order valence-corrected chi connectivity index (χ3v) is 3.70. The molecule has 0 saturated carbocycles. The van der Waals surface area contributed by atoms with Crippen molar-refractivity contribution in [2.24, 2.45) is 7.05 Å².